The molecule has 0 saturated carbocycles. The number of carboxylic acid groups (broad SMARTS) is 1. The van der Waals surface area contributed by atoms with Crippen molar-refractivity contribution in [2.24, 2.45) is 0 Å². The van der Waals surface area contributed by atoms with Crippen molar-refractivity contribution in [1.82, 2.24) is 5.32 Å². The number of nitrogens with one attached hydrogen (secondary N) is 1. The standard InChI is InChI=1S/C13H15FN2O4/c14-9-2-1-8-3-5-16(11(8)7-9)13(20)15-10(4-6-17)12(18)19/h1-2,7,10,17H,3-6H2,(H,15,20)(H,18,19)/t10-/m1/s1. The molecule has 1 aromatic carbocycles. The summed E-state index contributed by atoms with van der Waals surface area (Å²) in [5.41, 5.74) is 1.30. The zero-order chi connectivity index (χ0) is 14.7. The second kappa shape index (κ2) is 5.87. The molecule has 2 rings (SSSR count). The van der Waals surface area contributed by atoms with Gasteiger partial charge >= 0.3 is 12.0 Å². The molecule has 2 amide bonds. The average molecular weight is 282 g/mol. The lowest BCUT2D eigenvalue weighted by Gasteiger charge is -2.21. The zero-order valence-electron chi connectivity index (χ0n) is 10.7. The monoisotopic (exact) mass is 282 g/mol. The summed E-state index contributed by atoms with van der Waals surface area (Å²) in [6, 6.07) is 2.43. The highest BCUT2D eigenvalue weighted by Crippen LogP contribution is 2.28. The highest BCUT2D eigenvalue weighted by molar-refractivity contribution is 5.96. The molecule has 1 aliphatic heterocycles. The molecule has 0 spiro atoms. The van der Waals surface area contributed by atoms with Crippen LogP contribution in [0.4, 0.5) is 14.9 Å². The molecule has 0 unspecified atom stereocenters. The Morgan fingerprint density at radius 3 is 2.85 bits per heavy atom. The van der Waals surface area contributed by atoms with Gasteiger partial charge in [0, 0.05) is 19.6 Å². The summed E-state index contributed by atoms with van der Waals surface area (Å²) in [5, 5.41) is 20.0. The normalized spacial score (nSPS) is 14.8. The van der Waals surface area contributed by atoms with Crippen molar-refractivity contribution >= 4 is 17.7 Å². The first-order chi connectivity index (χ1) is 9.52. The van der Waals surface area contributed by atoms with E-state index in [-0.39, 0.29) is 13.0 Å². The Labute approximate surface area is 114 Å². The van der Waals surface area contributed by atoms with Crippen LogP contribution in [0.25, 0.3) is 0 Å². The van der Waals surface area contributed by atoms with Gasteiger partial charge in [-0.25, -0.2) is 14.0 Å². The number of anilines is 1. The van der Waals surface area contributed by atoms with E-state index < -0.39 is 23.9 Å². The largest absolute Gasteiger partial charge is 0.480 e. The molecule has 0 bridgehead atoms. The molecule has 1 heterocycles. The van der Waals surface area contributed by atoms with Crippen LogP contribution in [0, 0.1) is 5.82 Å². The van der Waals surface area contributed by atoms with Crippen molar-refractivity contribution in [3.05, 3.63) is 29.6 Å². The molecular formula is C13H15FN2O4. The van der Waals surface area contributed by atoms with Gasteiger partial charge in [-0.05, 0) is 24.1 Å². The summed E-state index contributed by atoms with van der Waals surface area (Å²) >= 11 is 0. The van der Waals surface area contributed by atoms with Crippen LogP contribution < -0.4 is 10.2 Å². The molecule has 7 heteroatoms. The minimum atomic E-state index is -1.22. The number of fused-ring (bicyclic) bond motifs is 1. The van der Waals surface area contributed by atoms with Crippen molar-refractivity contribution < 1.29 is 24.2 Å². The van der Waals surface area contributed by atoms with Gasteiger partial charge in [0.2, 0.25) is 0 Å². The van der Waals surface area contributed by atoms with Gasteiger partial charge in [0.25, 0.3) is 0 Å². The number of urea groups is 1. The van der Waals surface area contributed by atoms with Crippen molar-refractivity contribution in [2.75, 3.05) is 18.1 Å². The quantitative estimate of drug-likeness (QED) is 0.759. The second-order valence-electron chi connectivity index (χ2n) is 4.53. The second-order valence-corrected chi connectivity index (χ2v) is 4.53. The predicted molar refractivity (Wildman–Crippen MR) is 69.1 cm³/mol. The molecule has 3 N–H and O–H groups in total. The maximum atomic E-state index is 13.2. The fraction of sp³-hybridized carbons (Fsp3) is 0.385. The number of benzene rings is 1. The number of aliphatic hydroxyl groups is 1. The molecule has 20 heavy (non-hydrogen) atoms. The summed E-state index contributed by atoms with van der Waals surface area (Å²) in [4.78, 5) is 24.3. The van der Waals surface area contributed by atoms with E-state index in [0.29, 0.717) is 18.7 Å². The van der Waals surface area contributed by atoms with Crippen LogP contribution in [-0.4, -0.2) is 41.4 Å². The van der Waals surface area contributed by atoms with Crippen molar-refractivity contribution in [3.8, 4) is 0 Å². The number of halogens is 1. The average Bonchev–Trinajstić information content (AvgIpc) is 2.80. The number of carbonyl (C=O) groups is 2. The molecule has 0 saturated heterocycles. The highest BCUT2D eigenvalue weighted by atomic mass is 19.1. The Bertz CT molecular complexity index is 535. The number of aliphatic hydroxyl groups excluding tert-OH is 1. The van der Waals surface area contributed by atoms with E-state index in [2.05, 4.69) is 5.32 Å². The number of carbonyl (C=O) groups excluding carboxylic acids is 1. The van der Waals surface area contributed by atoms with Gasteiger partial charge < -0.3 is 15.5 Å². The van der Waals surface area contributed by atoms with Crippen molar-refractivity contribution in [3.63, 3.8) is 0 Å². The molecule has 0 aromatic heterocycles. The topological polar surface area (TPSA) is 89.9 Å². The van der Waals surface area contributed by atoms with E-state index in [1.54, 1.807) is 6.07 Å². The van der Waals surface area contributed by atoms with Crippen LogP contribution in [0.2, 0.25) is 0 Å². The molecule has 6 nitrogen and oxygen atoms in total. The Balaban J connectivity index is 2.12. The van der Waals surface area contributed by atoms with Gasteiger partial charge in [-0.2, -0.15) is 0 Å². The molecule has 0 fully saturated rings. The van der Waals surface area contributed by atoms with E-state index in [4.69, 9.17) is 10.2 Å². The lowest BCUT2D eigenvalue weighted by Crippen LogP contribution is -2.48. The third-order valence-corrected chi connectivity index (χ3v) is 3.20. The van der Waals surface area contributed by atoms with E-state index in [1.165, 1.54) is 17.0 Å². The number of hydrogen-bond donors (Lipinski definition) is 3. The number of carboxylic acids is 1. The lowest BCUT2D eigenvalue weighted by molar-refractivity contribution is -0.139. The van der Waals surface area contributed by atoms with Crippen LogP contribution in [0.5, 0.6) is 0 Å². The first-order valence-electron chi connectivity index (χ1n) is 6.23. The number of aliphatic carboxylic acids is 1. The fourth-order valence-corrected chi connectivity index (χ4v) is 2.18. The number of hydrogen-bond acceptors (Lipinski definition) is 3. The molecule has 108 valence electrons. The van der Waals surface area contributed by atoms with Crippen LogP contribution in [0.15, 0.2) is 18.2 Å². The van der Waals surface area contributed by atoms with Gasteiger partial charge in [-0.1, -0.05) is 6.07 Å². The third kappa shape index (κ3) is 2.88. The van der Waals surface area contributed by atoms with E-state index in [1.807, 2.05) is 0 Å². The van der Waals surface area contributed by atoms with Crippen LogP contribution in [0.3, 0.4) is 0 Å². The summed E-state index contributed by atoms with van der Waals surface area (Å²) in [5.74, 6) is -1.67. The Morgan fingerprint density at radius 2 is 2.20 bits per heavy atom. The molecule has 0 aliphatic carbocycles. The predicted octanol–water partition coefficient (Wildman–Crippen LogP) is 0.733. The first-order valence-corrected chi connectivity index (χ1v) is 6.23. The van der Waals surface area contributed by atoms with Crippen molar-refractivity contribution in [2.45, 2.75) is 18.9 Å². The molecule has 1 aliphatic rings. The zero-order valence-corrected chi connectivity index (χ0v) is 10.7. The van der Waals surface area contributed by atoms with E-state index in [9.17, 15) is 14.0 Å². The fourth-order valence-electron chi connectivity index (χ4n) is 2.18. The summed E-state index contributed by atoms with van der Waals surface area (Å²) in [6.07, 6.45) is 0.520. The van der Waals surface area contributed by atoms with Crippen LogP contribution >= 0.6 is 0 Å². The molecule has 1 aromatic rings. The summed E-state index contributed by atoms with van der Waals surface area (Å²) in [7, 11) is 0. The van der Waals surface area contributed by atoms with E-state index >= 15 is 0 Å². The van der Waals surface area contributed by atoms with Crippen molar-refractivity contribution in [1.29, 1.82) is 0 Å². The lowest BCUT2D eigenvalue weighted by atomic mass is 10.2. The minimum absolute atomic E-state index is 0.0785. The Morgan fingerprint density at radius 1 is 1.45 bits per heavy atom. The summed E-state index contributed by atoms with van der Waals surface area (Å²) < 4.78 is 13.2. The molecular weight excluding hydrogens is 267 g/mol. The van der Waals surface area contributed by atoms with Crippen LogP contribution in [0.1, 0.15) is 12.0 Å². The molecule has 0 radical (unpaired) electrons. The summed E-state index contributed by atoms with van der Waals surface area (Å²) in [6.45, 7) is 0.0263. The van der Waals surface area contributed by atoms with Gasteiger partial charge in [0.15, 0.2) is 0 Å². The third-order valence-electron chi connectivity index (χ3n) is 3.20. The van der Waals surface area contributed by atoms with Gasteiger partial charge in [-0.3, -0.25) is 4.90 Å². The van der Waals surface area contributed by atoms with E-state index in [0.717, 1.165) is 5.56 Å². The Hall–Kier alpha value is -2.15. The number of nitrogens with zero attached hydrogens (tertiary/aromatic N) is 1. The highest BCUT2D eigenvalue weighted by Gasteiger charge is 2.28. The first kappa shape index (κ1) is 14.3. The maximum absolute atomic E-state index is 13.2. The Kier molecular flexibility index (Phi) is 4.19. The maximum Gasteiger partial charge on any atom is 0.326 e. The number of amides is 2. The number of rotatable bonds is 4. The van der Waals surface area contributed by atoms with Gasteiger partial charge in [0.05, 0.1) is 5.69 Å². The van der Waals surface area contributed by atoms with Gasteiger partial charge in [0.1, 0.15) is 11.9 Å². The van der Waals surface area contributed by atoms with Crippen LogP contribution in [-0.2, 0) is 11.2 Å². The minimum Gasteiger partial charge on any atom is -0.480 e. The van der Waals surface area contributed by atoms with Gasteiger partial charge in [-0.15, -0.1) is 0 Å². The molecule has 1 atom stereocenters. The SMILES string of the molecule is O=C(O)[C@@H](CCO)NC(=O)N1CCc2ccc(F)cc21. The smallest absolute Gasteiger partial charge is 0.326 e.